The topological polar surface area (TPSA) is 91.5 Å². The molecule has 1 saturated heterocycles. The van der Waals surface area contributed by atoms with Crippen LogP contribution in [0.3, 0.4) is 0 Å². The van der Waals surface area contributed by atoms with Gasteiger partial charge in [-0.15, -0.1) is 0 Å². The number of ether oxygens (including phenoxy) is 1. The first kappa shape index (κ1) is 14.8. The van der Waals surface area contributed by atoms with Gasteiger partial charge in [-0.3, -0.25) is 4.79 Å². The minimum absolute atomic E-state index is 0.167. The molecule has 2 aliphatic rings. The lowest BCUT2D eigenvalue weighted by atomic mass is 10.2. The number of rotatable bonds is 4. The van der Waals surface area contributed by atoms with E-state index in [0.29, 0.717) is 30.6 Å². The Labute approximate surface area is 128 Å². The molecule has 7 heteroatoms. The molecule has 0 spiro atoms. The molecule has 0 aromatic heterocycles. The van der Waals surface area contributed by atoms with E-state index in [9.17, 15) is 9.59 Å². The highest BCUT2D eigenvalue weighted by Crippen LogP contribution is 2.19. The first-order valence-electron chi connectivity index (χ1n) is 7.51. The van der Waals surface area contributed by atoms with Crippen LogP contribution in [0.15, 0.2) is 24.3 Å². The molecule has 1 aromatic carbocycles. The zero-order chi connectivity index (χ0) is 15.4. The molecule has 4 N–H and O–H groups in total. The molecule has 3 amide bonds. The van der Waals surface area contributed by atoms with E-state index in [1.807, 2.05) is 0 Å². The van der Waals surface area contributed by atoms with Crippen LogP contribution in [-0.4, -0.2) is 43.8 Å². The van der Waals surface area contributed by atoms with E-state index in [2.05, 4.69) is 21.3 Å². The summed E-state index contributed by atoms with van der Waals surface area (Å²) in [4.78, 5) is 23.6. The van der Waals surface area contributed by atoms with E-state index in [-0.39, 0.29) is 11.9 Å². The normalized spacial score (nSPS) is 21.0. The molecule has 1 heterocycles. The number of hydrogen-bond donors (Lipinski definition) is 4. The molecule has 1 saturated carbocycles. The fourth-order valence-corrected chi connectivity index (χ4v) is 2.17. The lowest BCUT2D eigenvalue weighted by Gasteiger charge is -2.22. The third-order valence-electron chi connectivity index (χ3n) is 3.54. The van der Waals surface area contributed by atoms with Gasteiger partial charge in [0.1, 0.15) is 6.10 Å². The van der Waals surface area contributed by atoms with Crippen LogP contribution < -0.4 is 21.3 Å². The minimum Gasteiger partial charge on any atom is -0.366 e. The lowest BCUT2D eigenvalue weighted by molar-refractivity contribution is -0.128. The standard InChI is InChI=1S/C15H20N4O3/c20-14(13-9-16-7-8-22-13)17-10-1-3-11(4-2-10)18-15(21)19-12-5-6-12/h1-4,12-13,16H,5-9H2,(H,17,20)(H2,18,19,21). The van der Waals surface area contributed by atoms with Crippen molar-refractivity contribution in [2.45, 2.75) is 25.0 Å². The highest BCUT2D eigenvalue weighted by atomic mass is 16.5. The number of nitrogens with one attached hydrogen (secondary N) is 4. The van der Waals surface area contributed by atoms with Crippen molar-refractivity contribution in [1.29, 1.82) is 0 Å². The van der Waals surface area contributed by atoms with Gasteiger partial charge >= 0.3 is 6.03 Å². The van der Waals surface area contributed by atoms with Crippen molar-refractivity contribution in [3.8, 4) is 0 Å². The van der Waals surface area contributed by atoms with Crippen LogP contribution in [0.2, 0.25) is 0 Å². The number of amides is 3. The van der Waals surface area contributed by atoms with E-state index < -0.39 is 6.10 Å². The highest BCUT2D eigenvalue weighted by molar-refractivity contribution is 5.95. The molecule has 0 bridgehead atoms. The molecule has 1 atom stereocenters. The third-order valence-corrected chi connectivity index (χ3v) is 3.54. The summed E-state index contributed by atoms with van der Waals surface area (Å²) in [5.74, 6) is -0.167. The van der Waals surface area contributed by atoms with Crippen LogP contribution in [-0.2, 0) is 9.53 Å². The largest absolute Gasteiger partial charge is 0.366 e. The summed E-state index contributed by atoms with van der Waals surface area (Å²) in [6.45, 7) is 1.83. The second kappa shape index (κ2) is 6.76. The summed E-state index contributed by atoms with van der Waals surface area (Å²) in [7, 11) is 0. The van der Waals surface area contributed by atoms with Gasteiger partial charge in [-0.2, -0.15) is 0 Å². The quantitative estimate of drug-likeness (QED) is 0.665. The molecule has 2 fully saturated rings. The van der Waals surface area contributed by atoms with Crippen LogP contribution in [0.4, 0.5) is 16.2 Å². The van der Waals surface area contributed by atoms with Gasteiger partial charge in [0.25, 0.3) is 5.91 Å². The second-order valence-corrected chi connectivity index (χ2v) is 5.50. The van der Waals surface area contributed by atoms with Crippen molar-refractivity contribution in [3.05, 3.63) is 24.3 Å². The Kier molecular flexibility index (Phi) is 4.55. The van der Waals surface area contributed by atoms with Gasteiger partial charge in [0, 0.05) is 30.5 Å². The predicted octanol–water partition coefficient (Wildman–Crippen LogP) is 0.897. The van der Waals surface area contributed by atoms with Gasteiger partial charge in [0.2, 0.25) is 0 Å². The lowest BCUT2D eigenvalue weighted by Crippen LogP contribution is -2.45. The van der Waals surface area contributed by atoms with E-state index in [1.165, 1.54) is 0 Å². The molecule has 3 rings (SSSR count). The van der Waals surface area contributed by atoms with Crippen molar-refractivity contribution in [3.63, 3.8) is 0 Å². The number of carbonyl (C=O) groups excluding carboxylic acids is 2. The predicted molar refractivity (Wildman–Crippen MR) is 82.9 cm³/mol. The summed E-state index contributed by atoms with van der Waals surface area (Å²) in [6, 6.07) is 7.13. The van der Waals surface area contributed by atoms with Gasteiger partial charge in [-0.1, -0.05) is 0 Å². The smallest absolute Gasteiger partial charge is 0.319 e. The summed E-state index contributed by atoms with van der Waals surface area (Å²) in [5.41, 5.74) is 1.36. The summed E-state index contributed by atoms with van der Waals surface area (Å²) in [6.07, 6.45) is 1.64. The minimum atomic E-state index is -0.462. The second-order valence-electron chi connectivity index (χ2n) is 5.50. The third kappa shape index (κ3) is 4.19. The molecule has 1 unspecified atom stereocenters. The Morgan fingerprint density at radius 2 is 1.77 bits per heavy atom. The van der Waals surface area contributed by atoms with E-state index in [4.69, 9.17) is 4.74 Å². The zero-order valence-electron chi connectivity index (χ0n) is 12.2. The van der Waals surface area contributed by atoms with Crippen LogP contribution in [0, 0.1) is 0 Å². The number of morpholine rings is 1. The maximum absolute atomic E-state index is 12.0. The number of benzene rings is 1. The van der Waals surface area contributed by atoms with Gasteiger partial charge < -0.3 is 26.0 Å². The van der Waals surface area contributed by atoms with Crippen molar-refractivity contribution in [2.24, 2.45) is 0 Å². The van der Waals surface area contributed by atoms with Crippen molar-refractivity contribution < 1.29 is 14.3 Å². The Balaban J connectivity index is 1.49. The molecule has 1 aromatic rings. The van der Waals surface area contributed by atoms with Crippen molar-refractivity contribution in [2.75, 3.05) is 30.3 Å². The van der Waals surface area contributed by atoms with Crippen LogP contribution in [0.5, 0.6) is 0 Å². The highest BCUT2D eigenvalue weighted by Gasteiger charge is 2.23. The number of anilines is 2. The molecule has 1 aliphatic heterocycles. The van der Waals surface area contributed by atoms with Crippen molar-refractivity contribution >= 4 is 23.3 Å². The molecular weight excluding hydrogens is 284 g/mol. The van der Waals surface area contributed by atoms with Gasteiger partial charge in [0.05, 0.1) is 6.61 Å². The van der Waals surface area contributed by atoms with E-state index in [1.54, 1.807) is 24.3 Å². The van der Waals surface area contributed by atoms with E-state index in [0.717, 1.165) is 19.4 Å². The van der Waals surface area contributed by atoms with Crippen LogP contribution >= 0.6 is 0 Å². The summed E-state index contributed by atoms with van der Waals surface area (Å²) in [5, 5.41) is 11.5. The first-order chi connectivity index (χ1) is 10.7. The Hall–Kier alpha value is -2.12. The average Bonchev–Trinajstić information content (AvgIpc) is 3.34. The van der Waals surface area contributed by atoms with Crippen LogP contribution in [0.1, 0.15) is 12.8 Å². The van der Waals surface area contributed by atoms with Gasteiger partial charge in [0.15, 0.2) is 0 Å². The molecular formula is C15H20N4O3. The van der Waals surface area contributed by atoms with Crippen LogP contribution in [0.25, 0.3) is 0 Å². The number of hydrogen-bond acceptors (Lipinski definition) is 4. The first-order valence-corrected chi connectivity index (χ1v) is 7.51. The number of urea groups is 1. The number of carbonyl (C=O) groups is 2. The van der Waals surface area contributed by atoms with Crippen molar-refractivity contribution in [1.82, 2.24) is 10.6 Å². The van der Waals surface area contributed by atoms with Gasteiger partial charge in [-0.05, 0) is 37.1 Å². The Morgan fingerprint density at radius 3 is 2.36 bits per heavy atom. The van der Waals surface area contributed by atoms with E-state index >= 15 is 0 Å². The Morgan fingerprint density at radius 1 is 1.09 bits per heavy atom. The average molecular weight is 304 g/mol. The molecule has 7 nitrogen and oxygen atoms in total. The maximum atomic E-state index is 12.0. The maximum Gasteiger partial charge on any atom is 0.319 e. The summed E-state index contributed by atoms with van der Waals surface area (Å²) >= 11 is 0. The van der Waals surface area contributed by atoms with Gasteiger partial charge in [-0.25, -0.2) is 4.79 Å². The molecule has 1 aliphatic carbocycles. The fourth-order valence-electron chi connectivity index (χ4n) is 2.17. The molecule has 22 heavy (non-hydrogen) atoms. The SMILES string of the molecule is O=C(Nc1ccc(NC(=O)C2CNCCO2)cc1)NC1CC1. The monoisotopic (exact) mass is 304 g/mol. The summed E-state index contributed by atoms with van der Waals surface area (Å²) < 4.78 is 5.39. The zero-order valence-corrected chi connectivity index (χ0v) is 12.2. The Bertz CT molecular complexity index is 536. The molecule has 0 radical (unpaired) electrons. The molecule has 118 valence electrons. The fraction of sp³-hybridized carbons (Fsp3) is 0.467.